The molecule has 4 aromatic rings. The number of rotatable bonds is 11. The molecule has 1 N–H and O–H groups in total. The van der Waals surface area contributed by atoms with Gasteiger partial charge in [-0.3, -0.25) is 4.79 Å². The van der Waals surface area contributed by atoms with E-state index >= 15 is 0 Å². The van der Waals surface area contributed by atoms with Gasteiger partial charge in [-0.15, -0.1) is 0 Å². The Morgan fingerprint density at radius 1 is 1.00 bits per heavy atom. The Morgan fingerprint density at radius 2 is 1.76 bits per heavy atom. The van der Waals surface area contributed by atoms with Gasteiger partial charge in [0.25, 0.3) is 5.91 Å². The van der Waals surface area contributed by atoms with Crippen molar-refractivity contribution in [3.05, 3.63) is 99.7 Å². The molecule has 1 atom stereocenters. The van der Waals surface area contributed by atoms with Gasteiger partial charge in [0, 0.05) is 28.5 Å². The number of amides is 2. The summed E-state index contributed by atoms with van der Waals surface area (Å²) in [6.07, 6.45) is 2.05. The summed E-state index contributed by atoms with van der Waals surface area (Å²) < 4.78 is 41.8. The SMILES string of the molecule is Cc1c(C(=O)NS(=O)(=O)CCC2CCCCN2C(=O)OCc2ccccc2)n(CCOc2ccccc2Cl)c2ccc(Cl)cc12. The molecule has 1 aliphatic rings. The third kappa shape index (κ3) is 8.11. The molecule has 3 aromatic carbocycles. The maximum absolute atomic E-state index is 13.6. The molecule has 2 heterocycles. The lowest BCUT2D eigenvalue weighted by Crippen LogP contribution is -2.45. The summed E-state index contributed by atoms with van der Waals surface area (Å²) in [4.78, 5) is 28.1. The van der Waals surface area contributed by atoms with Crippen LogP contribution in [0.2, 0.25) is 10.0 Å². The first-order valence-electron chi connectivity index (χ1n) is 14.8. The third-order valence-electron chi connectivity index (χ3n) is 7.94. The number of aromatic nitrogens is 1. The smallest absolute Gasteiger partial charge is 0.410 e. The van der Waals surface area contributed by atoms with Crippen molar-refractivity contribution in [3.8, 4) is 5.75 Å². The van der Waals surface area contributed by atoms with E-state index in [0.29, 0.717) is 39.8 Å². The molecule has 5 rings (SSSR count). The van der Waals surface area contributed by atoms with Gasteiger partial charge in [-0.05, 0) is 74.1 Å². The van der Waals surface area contributed by atoms with Gasteiger partial charge in [0.05, 0.1) is 17.3 Å². The number of piperidine rings is 1. The zero-order valence-corrected chi connectivity index (χ0v) is 27.2. The fourth-order valence-corrected chi connectivity index (χ4v) is 7.13. The van der Waals surface area contributed by atoms with E-state index in [0.717, 1.165) is 23.8 Å². The van der Waals surface area contributed by atoms with E-state index in [1.165, 1.54) is 0 Å². The van der Waals surface area contributed by atoms with Crippen LogP contribution >= 0.6 is 23.2 Å². The lowest BCUT2D eigenvalue weighted by Gasteiger charge is -2.34. The largest absolute Gasteiger partial charge is 0.490 e. The molecule has 0 saturated carbocycles. The van der Waals surface area contributed by atoms with Crippen LogP contribution in [0.3, 0.4) is 0 Å². The first-order valence-corrected chi connectivity index (χ1v) is 17.2. The minimum Gasteiger partial charge on any atom is -0.490 e. The van der Waals surface area contributed by atoms with Gasteiger partial charge in [-0.1, -0.05) is 65.7 Å². The minimum absolute atomic E-state index is 0.138. The number of halogens is 2. The van der Waals surface area contributed by atoms with Gasteiger partial charge < -0.3 is 18.9 Å². The van der Waals surface area contributed by atoms with Gasteiger partial charge in [0.15, 0.2) is 0 Å². The van der Waals surface area contributed by atoms with Crippen LogP contribution in [0, 0.1) is 6.92 Å². The lowest BCUT2D eigenvalue weighted by atomic mass is 10.0. The zero-order valence-electron chi connectivity index (χ0n) is 24.9. The number of sulfonamides is 1. The molecule has 1 aliphatic heterocycles. The predicted molar refractivity (Wildman–Crippen MR) is 175 cm³/mol. The van der Waals surface area contributed by atoms with Gasteiger partial charge in [-0.25, -0.2) is 17.9 Å². The molecule has 0 spiro atoms. The summed E-state index contributed by atoms with van der Waals surface area (Å²) in [5, 5.41) is 1.69. The second-order valence-corrected chi connectivity index (χ2v) is 13.7. The normalized spacial score (nSPS) is 15.2. The molecule has 0 radical (unpaired) electrons. The molecule has 238 valence electrons. The molecule has 0 bridgehead atoms. The molecule has 1 unspecified atom stereocenters. The van der Waals surface area contributed by atoms with Crippen molar-refractivity contribution in [2.45, 2.75) is 51.8 Å². The van der Waals surface area contributed by atoms with Crippen LogP contribution in [-0.2, 0) is 27.9 Å². The number of fused-ring (bicyclic) bond motifs is 1. The fourth-order valence-electron chi connectivity index (χ4n) is 5.70. The standard InChI is InChI=1S/C33H35Cl2N3O6S/c1-23-27-21-25(34)14-15-29(27)38(18-19-43-30-13-6-5-12-28(30)35)31(23)32(39)36-45(41,42)20-16-26-11-7-8-17-37(26)33(40)44-22-24-9-3-2-4-10-24/h2-6,9-10,12-15,21,26H,7-8,11,16-20,22H2,1H3,(H,36,39). The number of nitrogens with zero attached hydrogens (tertiary/aromatic N) is 2. The van der Waals surface area contributed by atoms with E-state index < -0.39 is 22.0 Å². The fraction of sp³-hybridized carbons (Fsp3) is 0.333. The Labute approximate surface area is 273 Å². The molecular formula is C33H35Cl2N3O6S. The van der Waals surface area contributed by atoms with Crippen LogP contribution in [0.4, 0.5) is 4.79 Å². The lowest BCUT2D eigenvalue weighted by molar-refractivity contribution is 0.0672. The number of para-hydroxylation sites is 1. The number of carbonyl (C=O) groups is 2. The Morgan fingerprint density at radius 3 is 2.53 bits per heavy atom. The molecule has 9 nitrogen and oxygen atoms in total. The molecule has 1 fully saturated rings. The van der Waals surface area contributed by atoms with Crippen LogP contribution < -0.4 is 9.46 Å². The molecule has 45 heavy (non-hydrogen) atoms. The zero-order chi connectivity index (χ0) is 32.0. The summed E-state index contributed by atoms with van der Waals surface area (Å²) in [6, 6.07) is 21.4. The Bertz CT molecular complexity index is 1780. The highest BCUT2D eigenvalue weighted by Gasteiger charge is 2.30. The number of hydrogen-bond donors (Lipinski definition) is 1. The average Bonchev–Trinajstić information content (AvgIpc) is 3.30. The third-order valence-corrected chi connectivity index (χ3v) is 9.75. The quantitative estimate of drug-likeness (QED) is 0.184. The molecule has 2 amide bonds. The monoisotopic (exact) mass is 671 g/mol. The van der Waals surface area contributed by atoms with Crippen LogP contribution in [0.5, 0.6) is 5.75 Å². The van der Waals surface area contributed by atoms with Crippen LogP contribution in [0.1, 0.15) is 47.3 Å². The Hall–Kier alpha value is -3.73. The van der Waals surface area contributed by atoms with Crippen LogP contribution in [0.15, 0.2) is 72.8 Å². The summed E-state index contributed by atoms with van der Waals surface area (Å²) in [6.45, 7) is 2.82. The van der Waals surface area contributed by atoms with Crippen molar-refractivity contribution in [2.24, 2.45) is 0 Å². The number of benzene rings is 3. The van der Waals surface area contributed by atoms with E-state index in [2.05, 4.69) is 4.72 Å². The summed E-state index contributed by atoms with van der Waals surface area (Å²) in [5.74, 6) is -0.572. The van der Waals surface area contributed by atoms with Crippen molar-refractivity contribution >= 4 is 56.1 Å². The highest BCUT2D eigenvalue weighted by atomic mass is 35.5. The second kappa shape index (κ2) is 14.6. The van der Waals surface area contributed by atoms with E-state index in [4.69, 9.17) is 32.7 Å². The van der Waals surface area contributed by atoms with Crippen molar-refractivity contribution in [3.63, 3.8) is 0 Å². The minimum atomic E-state index is -4.05. The maximum atomic E-state index is 13.6. The Balaban J connectivity index is 1.27. The van der Waals surface area contributed by atoms with Crippen molar-refractivity contribution in [1.82, 2.24) is 14.2 Å². The number of hydrogen-bond acceptors (Lipinski definition) is 6. The molecule has 12 heteroatoms. The number of nitrogens with one attached hydrogen (secondary N) is 1. The molecule has 1 aromatic heterocycles. The van der Waals surface area contributed by atoms with Gasteiger partial charge in [0.1, 0.15) is 24.7 Å². The summed E-state index contributed by atoms with van der Waals surface area (Å²) in [7, 11) is -4.05. The molecule has 1 saturated heterocycles. The maximum Gasteiger partial charge on any atom is 0.410 e. The average molecular weight is 673 g/mol. The van der Waals surface area contributed by atoms with E-state index in [1.807, 2.05) is 36.4 Å². The van der Waals surface area contributed by atoms with Gasteiger partial charge in [-0.2, -0.15) is 0 Å². The van der Waals surface area contributed by atoms with Crippen molar-refractivity contribution in [2.75, 3.05) is 18.9 Å². The first-order chi connectivity index (χ1) is 21.6. The number of carbonyl (C=O) groups excluding carboxylic acids is 2. The topological polar surface area (TPSA) is 107 Å². The summed E-state index contributed by atoms with van der Waals surface area (Å²) >= 11 is 12.5. The highest BCUT2D eigenvalue weighted by molar-refractivity contribution is 7.90. The second-order valence-electron chi connectivity index (χ2n) is 11.0. The molecular weight excluding hydrogens is 637 g/mol. The predicted octanol–water partition coefficient (Wildman–Crippen LogP) is 6.98. The number of aryl methyl sites for hydroxylation is 1. The first kappa shape index (κ1) is 32.7. The van der Waals surface area contributed by atoms with Crippen molar-refractivity contribution < 1.29 is 27.5 Å². The van der Waals surface area contributed by atoms with Crippen molar-refractivity contribution in [1.29, 1.82) is 0 Å². The van der Waals surface area contributed by atoms with E-state index in [9.17, 15) is 18.0 Å². The highest BCUT2D eigenvalue weighted by Crippen LogP contribution is 2.29. The van der Waals surface area contributed by atoms with Crippen LogP contribution in [-0.4, -0.2) is 54.8 Å². The van der Waals surface area contributed by atoms with Gasteiger partial charge >= 0.3 is 6.09 Å². The number of ether oxygens (including phenoxy) is 2. The molecule has 0 aliphatic carbocycles. The number of likely N-dealkylation sites (tertiary alicyclic amines) is 1. The van der Waals surface area contributed by atoms with Crippen LogP contribution in [0.25, 0.3) is 10.9 Å². The summed E-state index contributed by atoms with van der Waals surface area (Å²) in [5.41, 5.74) is 2.38. The Kier molecular flexibility index (Phi) is 10.6. The van der Waals surface area contributed by atoms with Gasteiger partial charge in [0.2, 0.25) is 10.0 Å². The van der Waals surface area contributed by atoms with E-state index in [-0.39, 0.29) is 43.7 Å². The van der Waals surface area contributed by atoms with E-state index in [1.54, 1.807) is 52.8 Å².